The van der Waals surface area contributed by atoms with Gasteiger partial charge in [0.2, 0.25) is 0 Å². The SMILES string of the molecule is Nc1ccc(Oc2cc(Oc3ccc(N)cc3N)c(C3C4CC5CC(C4)CC3C5)cc2Oc2ccc(N)cc2N)c(N)c1. The van der Waals surface area contributed by atoms with Gasteiger partial charge in [0.15, 0.2) is 23.0 Å². The molecule has 0 aliphatic heterocycles. The van der Waals surface area contributed by atoms with Gasteiger partial charge in [-0.25, -0.2) is 0 Å². The Morgan fingerprint density at radius 1 is 0.419 bits per heavy atom. The van der Waals surface area contributed by atoms with Crippen LogP contribution in [0.2, 0.25) is 0 Å². The Morgan fingerprint density at radius 2 is 0.814 bits per heavy atom. The topological polar surface area (TPSA) is 184 Å². The zero-order valence-corrected chi connectivity index (χ0v) is 24.0. The van der Waals surface area contributed by atoms with E-state index in [9.17, 15) is 0 Å². The predicted octanol–water partition coefficient (Wildman–Crippen LogP) is 7.10. The van der Waals surface area contributed by atoms with E-state index in [1.165, 1.54) is 32.1 Å². The number of anilines is 6. The molecule has 4 fully saturated rings. The van der Waals surface area contributed by atoms with Gasteiger partial charge in [0.1, 0.15) is 11.5 Å². The molecule has 43 heavy (non-hydrogen) atoms. The maximum atomic E-state index is 6.62. The fraction of sp³-hybridized carbons (Fsp3) is 0.294. The minimum Gasteiger partial charge on any atom is -0.455 e. The average Bonchev–Trinajstić information content (AvgIpc) is 2.94. The van der Waals surface area contributed by atoms with E-state index in [0.717, 1.165) is 17.4 Å². The highest BCUT2D eigenvalue weighted by Crippen LogP contribution is 2.62. The summed E-state index contributed by atoms with van der Waals surface area (Å²) in [5, 5.41) is 0. The molecule has 0 amide bonds. The maximum absolute atomic E-state index is 6.62. The van der Waals surface area contributed by atoms with E-state index in [4.69, 9.17) is 48.6 Å². The Balaban J connectivity index is 1.38. The second-order valence-electron chi connectivity index (χ2n) is 12.5. The minimum absolute atomic E-state index is 0.319. The number of nitrogen functional groups attached to an aromatic ring is 6. The van der Waals surface area contributed by atoms with Crippen molar-refractivity contribution in [2.45, 2.75) is 38.0 Å². The van der Waals surface area contributed by atoms with Gasteiger partial charge < -0.3 is 48.6 Å². The average molecular weight is 579 g/mol. The molecule has 0 unspecified atom stereocenters. The first-order valence-electron chi connectivity index (χ1n) is 14.9. The molecule has 4 aliphatic rings. The Kier molecular flexibility index (Phi) is 6.53. The van der Waals surface area contributed by atoms with E-state index < -0.39 is 0 Å². The monoisotopic (exact) mass is 578 g/mol. The van der Waals surface area contributed by atoms with Crippen LogP contribution < -0.4 is 48.6 Å². The van der Waals surface area contributed by atoms with Crippen molar-refractivity contribution in [1.82, 2.24) is 0 Å². The van der Waals surface area contributed by atoms with E-state index in [1.54, 1.807) is 54.6 Å². The molecule has 0 saturated heterocycles. The molecular formula is C34H38N6O3. The summed E-state index contributed by atoms with van der Waals surface area (Å²) in [5.74, 6) is 6.10. The van der Waals surface area contributed by atoms with Crippen LogP contribution in [0.1, 0.15) is 43.6 Å². The van der Waals surface area contributed by atoms with Gasteiger partial charge in [-0.2, -0.15) is 0 Å². The van der Waals surface area contributed by atoms with Gasteiger partial charge in [0.25, 0.3) is 0 Å². The Bertz CT molecular complexity index is 1680. The molecule has 4 aromatic carbocycles. The van der Waals surface area contributed by atoms with E-state index in [0.29, 0.717) is 86.4 Å². The summed E-state index contributed by atoms with van der Waals surface area (Å²) in [6.07, 6.45) is 6.32. The lowest BCUT2D eigenvalue weighted by Crippen LogP contribution is -2.43. The van der Waals surface area contributed by atoms with Crippen LogP contribution in [0.5, 0.6) is 34.5 Å². The summed E-state index contributed by atoms with van der Waals surface area (Å²) in [7, 11) is 0. The number of rotatable bonds is 7. The van der Waals surface area contributed by atoms with Gasteiger partial charge in [-0.3, -0.25) is 0 Å². The molecule has 4 bridgehead atoms. The van der Waals surface area contributed by atoms with Crippen molar-refractivity contribution < 1.29 is 14.2 Å². The van der Waals surface area contributed by atoms with Crippen LogP contribution in [0.3, 0.4) is 0 Å². The highest BCUT2D eigenvalue weighted by atomic mass is 16.5. The highest BCUT2D eigenvalue weighted by molar-refractivity contribution is 5.67. The maximum Gasteiger partial charge on any atom is 0.173 e. The van der Waals surface area contributed by atoms with Crippen molar-refractivity contribution in [2.24, 2.45) is 23.7 Å². The summed E-state index contributed by atoms with van der Waals surface area (Å²) < 4.78 is 19.5. The van der Waals surface area contributed by atoms with Crippen molar-refractivity contribution in [3.05, 3.63) is 72.3 Å². The fourth-order valence-corrected chi connectivity index (χ4v) is 7.83. The number of ether oxygens (including phenoxy) is 3. The van der Waals surface area contributed by atoms with Crippen LogP contribution in [0.4, 0.5) is 34.1 Å². The molecule has 4 saturated carbocycles. The third-order valence-corrected chi connectivity index (χ3v) is 9.42. The molecule has 0 atom stereocenters. The number of hydrogen-bond acceptors (Lipinski definition) is 9. The molecule has 0 radical (unpaired) electrons. The molecular weight excluding hydrogens is 540 g/mol. The molecule has 0 spiro atoms. The minimum atomic E-state index is 0.319. The summed E-state index contributed by atoms with van der Waals surface area (Å²) in [6, 6.07) is 19.5. The van der Waals surface area contributed by atoms with Gasteiger partial charge in [0.05, 0.1) is 17.1 Å². The largest absolute Gasteiger partial charge is 0.455 e. The second-order valence-corrected chi connectivity index (χ2v) is 12.5. The number of hydrogen-bond donors (Lipinski definition) is 6. The Labute approximate surface area is 251 Å². The number of benzene rings is 4. The molecule has 8 rings (SSSR count). The summed E-state index contributed by atoms with van der Waals surface area (Å²) in [5.41, 5.74) is 40.9. The lowest BCUT2D eigenvalue weighted by atomic mass is 9.50. The van der Waals surface area contributed by atoms with Crippen LogP contribution in [0, 0.1) is 23.7 Å². The fourth-order valence-electron chi connectivity index (χ4n) is 7.83. The third-order valence-electron chi connectivity index (χ3n) is 9.42. The summed E-state index contributed by atoms with van der Waals surface area (Å²) >= 11 is 0. The second kappa shape index (κ2) is 10.4. The van der Waals surface area contributed by atoms with Gasteiger partial charge in [-0.1, -0.05) is 0 Å². The van der Waals surface area contributed by atoms with E-state index in [2.05, 4.69) is 0 Å². The molecule has 9 heteroatoms. The van der Waals surface area contributed by atoms with Crippen LogP contribution in [0.25, 0.3) is 0 Å². The predicted molar refractivity (Wildman–Crippen MR) is 172 cm³/mol. The van der Waals surface area contributed by atoms with Crippen molar-refractivity contribution in [2.75, 3.05) is 34.4 Å². The zero-order valence-electron chi connectivity index (χ0n) is 24.0. The Hall–Kier alpha value is -4.92. The standard InChI is InChI=1S/C34H38N6O3/c35-21-1-4-28(25(38)12-21)41-31-16-33(43-30-6-3-23(37)14-27(30)40)32(42-29-5-2-22(36)13-26(29)39)15-24(31)34-19-8-17-7-18(10-19)11-20(34)9-17/h1-6,12-20,34H,7-11,35-40H2. The smallest absolute Gasteiger partial charge is 0.173 e. The molecule has 222 valence electrons. The van der Waals surface area contributed by atoms with Gasteiger partial charge >= 0.3 is 0 Å². The molecule has 4 aliphatic carbocycles. The van der Waals surface area contributed by atoms with E-state index >= 15 is 0 Å². The molecule has 4 aromatic rings. The van der Waals surface area contributed by atoms with Gasteiger partial charge in [0, 0.05) is 28.7 Å². The lowest BCUT2D eigenvalue weighted by Gasteiger charge is -2.54. The molecule has 0 aromatic heterocycles. The van der Waals surface area contributed by atoms with Crippen LogP contribution in [-0.4, -0.2) is 0 Å². The summed E-state index contributed by atoms with van der Waals surface area (Å²) in [4.78, 5) is 0. The lowest BCUT2D eigenvalue weighted by molar-refractivity contribution is -0.00341. The van der Waals surface area contributed by atoms with Gasteiger partial charge in [-0.05, 0) is 122 Å². The first-order valence-corrected chi connectivity index (χ1v) is 14.9. The van der Waals surface area contributed by atoms with Crippen molar-refractivity contribution in [1.29, 1.82) is 0 Å². The van der Waals surface area contributed by atoms with E-state index in [-0.39, 0.29) is 0 Å². The van der Waals surface area contributed by atoms with Crippen molar-refractivity contribution in [3.8, 4) is 34.5 Å². The quantitative estimate of drug-likeness (QED) is 0.124. The first kappa shape index (κ1) is 26.9. The van der Waals surface area contributed by atoms with Gasteiger partial charge in [-0.15, -0.1) is 0 Å². The Morgan fingerprint density at radius 3 is 1.23 bits per heavy atom. The molecule has 12 N–H and O–H groups in total. The van der Waals surface area contributed by atoms with Crippen LogP contribution >= 0.6 is 0 Å². The first-order chi connectivity index (χ1) is 20.7. The van der Waals surface area contributed by atoms with E-state index in [1.807, 2.05) is 12.1 Å². The normalized spacial score (nSPS) is 23.7. The van der Waals surface area contributed by atoms with Crippen LogP contribution in [0.15, 0.2) is 66.7 Å². The highest BCUT2D eigenvalue weighted by Gasteiger charge is 2.49. The van der Waals surface area contributed by atoms with Crippen molar-refractivity contribution in [3.63, 3.8) is 0 Å². The number of nitrogens with two attached hydrogens (primary N) is 6. The summed E-state index contributed by atoms with van der Waals surface area (Å²) in [6.45, 7) is 0. The van der Waals surface area contributed by atoms with Crippen molar-refractivity contribution >= 4 is 34.1 Å². The third kappa shape index (κ3) is 5.16. The molecule has 0 heterocycles. The molecule has 9 nitrogen and oxygen atoms in total. The zero-order chi connectivity index (χ0) is 29.8. The van der Waals surface area contributed by atoms with Crippen LogP contribution in [-0.2, 0) is 0 Å².